The Labute approximate surface area is 242 Å². The molecule has 1 fully saturated rings. The van der Waals surface area contributed by atoms with E-state index in [2.05, 4.69) is 77.2 Å². The van der Waals surface area contributed by atoms with Gasteiger partial charge in [-0.1, -0.05) is 72.5 Å². The Bertz CT molecular complexity index is 1630. The van der Waals surface area contributed by atoms with Crippen LogP contribution in [0.1, 0.15) is 54.0 Å². The normalized spacial score (nSPS) is 16.7. The Morgan fingerprint density at radius 1 is 0.829 bits per heavy atom. The summed E-state index contributed by atoms with van der Waals surface area (Å²) in [5, 5.41) is 0. The predicted octanol–water partition coefficient (Wildman–Crippen LogP) is 8.76. The molecule has 1 aliphatic rings. The van der Waals surface area contributed by atoms with Crippen LogP contribution in [-0.2, 0) is 13.0 Å². The van der Waals surface area contributed by atoms with Gasteiger partial charge in [0.25, 0.3) is 0 Å². The van der Waals surface area contributed by atoms with Gasteiger partial charge in [-0.2, -0.15) is 0 Å². The number of nitrogens with zero attached hydrogens (tertiary/aromatic N) is 2. The second-order valence-electron chi connectivity index (χ2n) is 10.7. The van der Waals surface area contributed by atoms with Crippen molar-refractivity contribution in [3.05, 3.63) is 137 Å². The summed E-state index contributed by atoms with van der Waals surface area (Å²) in [4.78, 5) is 7.29. The fourth-order valence-corrected chi connectivity index (χ4v) is 5.48. The van der Waals surface area contributed by atoms with E-state index in [1.807, 2.05) is 67.6 Å². The first-order chi connectivity index (χ1) is 20.1. The van der Waals surface area contributed by atoms with Crippen LogP contribution in [0.4, 0.5) is 0 Å². The summed E-state index contributed by atoms with van der Waals surface area (Å²) < 4.78 is 11.8. The van der Waals surface area contributed by atoms with Crippen molar-refractivity contribution in [3.63, 3.8) is 0 Å². The SMILES string of the molecule is Cc1oc(-c2ccccc2)nc1CC#Cc1ccc([C@H]2CC[C@H](C)N2Cc2ccc(Oc3ccccc3)cc2)cc1. The van der Waals surface area contributed by atoms with Crippen molar-refractivity contribution < 1.29 is 9.15 Å². The largest absolute Gasteiger partial charge is 0.457 e. The summed E-state index contributed by atoms with van der Waals surface area (Å²) in [5.74, 6) is 9.78. The maximum absolute atomic E-state index is 5.97. The first kappa shape index (κ1) is 26.6. The molecule has 0 unspecified atom stereocenters. The first-order valence-corrected chi connectivity index (χ1v) is 14.3. The molecule has 0 bridgehead atoms. The van der Waals surface area contributed by atoms with E-state index in [-0.39, 0.29) is 0 Å². The molecule has 41 heavy (non-hydrogen) atoms. The van der Waals surface area contributed by atoms with Gasteiger partial charge >= 0.3 is 0 Å². The van der Waals surface area contributed by atoms with Crippen molar-refractivity contribution in [2.45, 2.75) is 51.7 Å². The summed E-state index contributed by atoms with van der Waals surface area (Å²) in [6.07, 6.45) is 2.92. The number of benzene rings is 4. The van der Waals surface area contributed by atoms with Gasteiger partial charge in [0, 0.05) is 29.8 Å². The van der Waals surface area contributed by atoms with Crippen molar-refractivity contribution in [2.75, 3.05) is 0 Å². The van der Waals surface area contributed by atoms with Gasteiger partial charge in [-0.3, -0.25) is 4.90 Å². The second-order valence-corrected chi connectivity index (χ2v) is 10.7. The lowest BCUT2D eigenvalue weighted by molar-refractivity contribution is 0.195. The molecule has 2 atom stereocenters. The molecule has 0 N–H and O–H groups in total. The van der Waals surface area contributed by atoms with Crippen LogP contribution in [-0.4, -0.2) is 15.9 Å². The number of likely N-dealkylation sites (tertiary alicyclic amines) is 1. The first-order valence-electron chi connectivity index (χ1n) is 14.3. The quantitative estimate of drug-likeness (QED) is 0.194. The number of ether oxygens (including phenoxy) is 1. The third kappa shape index (κ3) is 6.43. The lowest BCUT2D eigenvalue weighted by Crippen LogP contribution is -2.29. The average Bonchev–Trinajstić information content (AvgIpc) is 3.57. The van der Waals surface area contributed by atoms with E-state index in [4.69, 9.17) is 9.15 Å². The van der Waals surface area contributed by atoms with Crippen molar-refractivity contribution in [1.29, 1.82) is 0 Å². The van der Waals surface area contributed by atoms with Gasteiger partial charge in [0.2, 0.25) is 5.89 Å². The highest BCUT2D eigenvalue weighted by Gasteiger charge is 2.31. The summed E-state index contributed by atoms with van der Waals surface area (Å²) in [5.41, 5.74) is 5.54. The Morgan fingerprint density at radius 2 is 1.51 bits per heavy atom. The van der Waals surface area contributed by atoms with Crippen molar-refractivity contribution in [3.8, 4) is 34.8 Å². The van der Waals surface area contributed by atoms with Gasteiger partial charge in [0.05, 0.1) is 12.1 Å². The topological polar surface area (TPSA) is 38.5 Å². The van der Waals surface area contributed by atoms with E-state index in [0.717, 1.165) is 47.0 Å². The van der Waals surface area contributed by atoms with E-state index < -0.39 is 0 Å². The van der Waals surface area contributed by atoms with Crippen LogP contribution in [0.5, 0.6) is 11.5 Å². The van der Waals surface area contributed by atoms with E-state index in [0.29, 0.717) is 24.4 Å². The van der Waals surface area contributed by atoms with Gasteiger partial charge < -0.3 is 9.15 Å². The zero-order chi connectivity index (χ0) is 28.0. The summed E-state index contributed by atoms with van der Waals surface area (Å²) in [6.45, 7) is 5.20. The summed E-state index contributed by atoms with van der Waals surface area (Å²) in [7, 11) is 0. The smallest absolute Gasteiger partial charge is 0.226 e. The number of hydrogen-bond donors (Lipinski definition) is 0. The van der Waals surface area contributed by atoms with Gasteiger partial charge in [-0.05, 0) is 86.3 Å². The van der Waals surface area contributed by atoms with Crippen LogP contribution >= 0.6 is 0 Å². The minimum Gasteiger partial charge on any atom is -0.457 e. The van der Waals surface area contributed by atoms with Crippen LogP contribution < -0.4 is 4.74 Å². The Balaban J connectivity index is 1.08. The van der Waals surface area contributed by atoms with Crippen LogP contribution in [0.3, 0.4) is 0 Å². The zero-order valence-electron chi connectivity index (χ0n) is 23.6. The monoisotopic (exact) mass is 538 g/mol. The molecule has 0 radical (unpaired) electrons. The highest BCUT2D eigenvalue weighted by atomic mass is 16.5. The summed E-state index contributed by atoms with van der Waals surface area (Å²) in [6, 6.07) is 38.1. The average molecular weight is 539 g/mol. The molecule has 5 aromatic rings. The lowest BCUT2D eigenvalue weighted by Gasteiger charge is -2.29. The van der Waals surface area contributed by atoms with Crippen LogP contribution in [0.15, 0.2) is 114 Å². The minimum atomic E-state index is 0.404. The molecule has 204 valence electrons. The van der Waals surface area contributed by atoms with Gasteiger partial charge in [0.15, 0.2) is 0 Å². The molecule has 0 saturated carbocycles. The number of aryl methyl sites for hydroxylation is 1. The molecule has 1 saturated heterocycles. The lowest BCUT2D eigenvalue weighted by atomic mass is 10.0. The van der Waals surface area contributed by atoms with Gasteiger partial charge in [0.1, 0.15) is 17.3 Å². The molecular weight excluding hydrogens is 504 g/mol. The van der Waals surface area contributed by atoms with Crippen LogP contribution in [0, 0.1) is 18.8 Å². The standard InChI is InChI=1S/C37H34N2O2/c1-27-16-25-36(39(27)26-30-19-23-34(24-20-30)41-33-13-7-4-8-14-33)31-21-17-29(18-22-31)10-9-15-35-28(2)40-37(38-35)32-11-5-3-6-12-32/h3-8,11-14,17-24,27,36H,15-16,25-26H2,1-2H3/t27-,36+/m0/s1. The molecule has 1 aliphatic heterocycles. The Hall–Kier alpha value is -4.59. The number of aromatic nitrogens is 1. The summed E-state index contributed by atoms with van der Waals surface area (Å²) >= 11 is 0. The molecule has 0 aliphatic carbocycles. The number of rotatable bonds is 7. The second kappa shape index (κ2) is 12.3. The molecule has 4 heteroatoms. The minimum absolute atomic E-state index is 0.404. The molecule has 6 rings (SSSR count). The van der Waals surface area contributed by atoms with E-state index in [1.165, 1.54) is 17.5 Å². The maximum Gasteiger partial charge on any atom is 0.226 e. The highest BCUT2D eigenvalue weighted by molar-refractivity contribution is 5.53. The fourth-order valence-electron chi connectivity index (χ4n) is 5.48. The van der Waals surface area contributed by atoms with Crippen molar-refractivity contribution in [2.24, 2.45) is 0 Å². The van der Waals surface area contributed by atoms with Crippen LogP contribution in [0.2, 0.25) is 0 Å². The Morgan fingerprint density at radius 3 is 2.24 bits per heavy atom. The molecule has 0 spiro atoms. The molecular formula is C37H34N2O2. The van der Waals surface area contributed by atoms with Gasteiger partial charge in [-0.15, -0.1) is 0 Å². The number of para-hydroxylation sites is 1. The third-order valence-electron chi connectivity index (χ3n) is 7.79. The molecule has 4 nitrogen and oxygen atoms in total. The van der Waals surface area contributed by atoms with Crippen molar-refractivity contribution >= 4 is 0 Å². The van der Waals surface area contributed by atoms with E-state index >= 15 is 0 Å². The van der Waals surface area contributed by atoms with E-state index in [9.17, 15) is 0 Å². The Kier molecular flexibility index (Phi) is 7.98. The highest BCUT2D eigenvalue weighted by Crippen LogP contribution is 2.37. The van der Waals surface area contributed by atoms with Crippen molar-refractivity contribution in [1.82, 2.24) is 9.88 Å². The molecule has 1 aromatic heterocycles. The molecule has 0 amide bonds. The van der Waals surface area contributed by atoms with Gasteiger partial charge in [-0.25, -0.2) is 4.98 Å². The van der Waals surface area contributed by atoms with Crippen LogP contribution in [0.25, 0.3) is 11.5 Å². The molecule has 2 heterocycles. The third-order valence-corrected chi connectivity index (χ3v) is 7.79. The number of oxazole rings is 1. The molecule has 4 aromatic carbocycles. The fraction of sp³-hybridized carbons (Fsp3) is 0.216. The predicted molar refractivity (Wildman–Crippen MR) is 164 cm³/mol. The number of hydrogen-bond acceptors (Lipinski definition) is 4. The zero-order valence-corrected chi connectivity index (χ0v) is 23.6. The van der Waals surface area contributed by atoms with E-state index in [1.54, 1.807) is 0 Å². The maximum atomic E-state index is 5.97.